The third kappa shape index (κ3) is 2.26. The summed E-state index contributed by atoms with van der Waals surface area (Å²) in [6.07, 6.45) is 0. The summed E-state index contributed by atoms with van der Waals surface area (Å²) in [7, 11) is 0. The lowest BCUT2D eigenvalue weighted by molar-refractivity contribution is 0.0690. The first-order valence-electron chi connectivity index (χ1n) is 6.97. The lowest BCUT2D eigenvalue weighted by Gasteiger charge is -2.02. The number of carbonyl (C=O) groups is 1. The van der Waals surface area contributed by atoms with Crippen molar-refractivity contribution in [3.63, 3.8) is 0 Å². The maximum atomic E-state index is 11.3. The number of para-hydroxylation sites is 2. The SMILES string of the molecule is O=C(O)c1cc(-c2ccccc2)n(-c2nc3ccccc3o2)n1. The number of rotatable bonds is 3. The average Bonchev–Trinajstić information content (AvgIpc) is 3.19. The predicted molar refractivity (Wildman–Crippen MR) is 83.5 cm³/mol. The molecule has 0 fully saturated rings. The van der Waals surface area contributed by atoms with Gasteiger partial charge in [0, 0.05) is 5.56 Å². The first-order valence-corrected chi connectivity index (χ1v) is 6.97. The van der Waals surface area contributed by atoms with E-state index in [-0.39, 0.29) is 11.7 Å². The number of nitrogens with zero attached hydrogens (tertiary/aromatic N) is 3. The van der Waals surface area contributed by atoms with Gasteiger partial charge in [-0.15, -0.1) is 0 Å². The largest absolute Gasteiger partial charge is 0.476 e. The first kappa shape index (κ1) is 13.3. The minimum Gasteiger partial charge on any atom is -0.476 e. The van der Waals surface area contributed by atoms with Crippen molar-refractivity contribution in [2.45, 2.75) is 0 Å². The summed E-state index contributed by atoms with van der Waals surface area (Å²) >= 11 is 0. The summed E-state index contributed by atoms with van der Waals surface area (Å²) in [5.74, 6) is -1.10. The van der Waals surface area contributed by atoms with Crippen molar-refractivity contribution in [2.75, 3.05) is 0 Å². The van der Waals surface area contributed by atoms with Crippen molar-refractivity contribution < 1.29 is 14.3 Å². The van der Waals surface area contributed by atoms with E-state index >= 15 is 0 Å². The molecule has 2 aromatic heterocycles. The van der Waals surface area contributed by atoms with Crippen molar-refractivity contribution in [2.24, 2.45) is 0 Å². The predicted octanol–water partition coefficient (Wildman–Crippen LogP) is 3.38. The highest BCUT2D eigenvalue weighted by atomic mass is 16.4. The van der Waals surface area contributed by atoms with Crippen molar-refractivity contribution in [3.8, 4) is 17.3 Å². The molecule has 0 aliphatic rings. The summed E-state index contributed by atoms with van der Waals surface area (Å²) in [5.41, 5.74) is 2.68. The Kier molecular flexibility index (Phi) is 2.94. The molecule has 0 aliphatic heterocycles. The number of carboxylic acid groups (broad SMARTS) is 1. The zero-order valence-electron chi connectivity index (χ0n) is 11.9. The van der Waals surface area contributed by atoms with E-state index in [2.05, 4.69) is 10.1 Å². The Morgan fingerprint density at radius 2 is 1.78 bits per heavy atom. The Labute approximate surface area is 130 Å². The molecule has 0 aliphatic carbocycles. The molecule has 6 nitrogen and oxygen atoms in total. The molecule has 0 spiro atoms. The zero-order valence-corrected chi connectivity index (χ0v) is 11.9. The first-order chi connectivity index (χ1) is 11.2. The lowest BCUT2D eigenvalue weighted by atomic mass is 10.1. The highest BCUT2D eigenvalue weighted by Gasteiger charge is 2.19. The Bertz CT molecular complexity index is 969. The van der Waals surface area contributed by atoms with Gasteiger partial charge >= 0.3 is 12.0 Å². The van der Waals surface area contributed by atoms with E-state index in [9.17, 15) is 9.90 Å². The van der Waals surface area contributed by atoms with Gasteiger partial charge in [0.15, 0.2) is 11.3 Å². The van der Waals surface area contributed by atoms with Crippen LogP contribution in [0.25, 0.3) is 28.4 Å². The Morgan fingerprint density at radius 1 is 1.04 bits per heavy atom. The second-order valence-corrected chi connectivity index (χ2v) is 4.96. The second-order valence-electron chi connectivity index (χ2n) is 4.96. The van der Waals surface area contributed by atoms with E-state index in [1.807, 2.05) is 48.5 Å². The van der Waals surface area contributed by atoms with Crippen LogP contribution < -0.4 is 0 Å². The van der Waals surface area contributed by atoms with Crippen LogP contribution in [0.5, 0.6) is 0 Å². The number of aromatic carboxylic acids is 1. The molecule has 0 radical (unpaired) electrons. The molecule has 0 saturated heterocycles. The fraction of sp³-hybridized carbons (Fsp3) is 0. The molecule has 0 atom stereocenters. The molecule has 2 heterocycles. The molecular weight excluding hydrogens is 294 g/mol. The van der Waals surface area contributed by atoms with E-state index in [1.54, 1.807) is 6.07 Å². The van der Waals surface area contributed by atoms with Crippen LogP contribution in [-0.2, 0) is 0 Å². The summed E-state index contributed by atoms with van der Waals surface area (Å²) in [6.45, 7) is 0. The zero-order chi connectivity index (χ0) is 15.8. The van der Waals surface area contributed by atoms with Crippen molar-refractivity contribution in [1.82, 2.24) is 14.8 Å². The molecule has 112 valence electrons. The number of hydrogen-bond donors (Lipinski definition) is 1. The summed E-state index contributed by atoms with van der Waals surface area (Å²) < 4.78 is 7.12. The van der Waals surface area contributed by atoms with Crippen LogP contribution in [0.4, 0.5) is 0 Å². The Morgan fingerprint density at radius 3 is 2.52 bits per heavy atom. The maximum Gasteiger partial charge on any atom is 0.356 e. The molecule has 6 heteroatoms. The quantitative estimate of drug-likeness (QED) is 0.627. The van der Waals surface area contributed by atoms with Gasteiger partial charge in [-0.05, 0) is 18.2 Å². The number of fused-ring (bicyclic) bond motifs is 1. The number of oxazole rings is 1. The number of hydrogen-bond acceptors (Lipinski definition) is 4. The average molecular weight is 305 g/mol. The van der Waals surface area contributed by atoms with E-state index in [1.165, 1.54) is 10.7 Å². The molecule has 0 saturated carbocycles. The van der Waals surface area contributed by atoms with Gasteiger partial charge in [0.25, 0.3) is 0 Å². The van der Waals surface area contributed by atoms with Gasteiger partial charge in [-0.25, -0.2) is 4.79 Å². The van der Waals surface area contributed by atoms with Gasteiger partial charge in [-0.1, -0.05) is 42.5 Å². The minimum absolute atomic E-state index is 0.0638. The van der Waals surface area contributed by atoms with Crippen LogP contribution in [0, 0.1) is 0 Å². The highest BCUT2D eigenvalue weighted by Crippen LogP contribution is 2.25. The van der Waals surface area contributed by atoms with Gasteiger partial charge in [0.1, 0.15) is 5.52 Å². The topological polar surface area (TPSA) is 81.1 Å². The van der Waals surface area contributed by atoms with E-state index < -0.39 is 5.97 Å². The number of carboxylic acids is 1. The van der Waals surface area contributed by atoms with Crippen LogP contribution in [0.15, 0.2) is 65.1 Å². The van der Waals surface area contributed by atoms with Crippen LogP contribution in [0.2, 0.25) is 0 Å². The van der Waals surface area contributed by atoms with Crippen LogP contribution in [-0.4, -0.2) is 25.8 Å². The Hall–Kier alpha value is -3.41. The minimum atomic E-state index is -1.10. The van der Waals surface area contributed by atoms with Crippen molar-refractivity contribution >= 4 is 17.1 Å². The molecule has 0 bridgehead atoms. The van der Waals surface area contributed by atoms with Gasteiger partial charge in [0.05, 0.1) is 5.69 Å². The summed E-state index contributed by atoms with van der Waals surface area (Å²) in [5, 5.41) is 13.3. The van der Waals surface area contributed by atoms with Gasteiger partial charge < -0.3 is 9.52 Å². The third-order valence-electron chi connectivity index (χ3n) is 3.46. The second kappa shape index (κ2) is 5.10. The van der Waals surface area contributed by atoms with Crippen LogP contribution in [0.1, 0.15) is 10.5 Å². The summed E-state index contributed by atoms with van der Waals surface area (Å²) in [6, 6.07) is 18.5. The van der Waals surface area contributed by atoms with Crippen LogP contribution >= 0.6 is 0 Å². The highest BCUT2D eigenvalue weighted by molar-refractivity contribution is 5.87. The third-order valence-corrected chi connectivity index (χ3v) is 3.46. The van der Waals surface area contributed by atoms with E-state index in [0.29, 0.717) is 16.8 Å². The fourth-order valence-electron chi connectivity index (χ4n) is 2.40. The fourth-order valence-corrected chi connectivity index (χ4v) is 2.40. The maximum absolute atomic E-state index is 11.3. The summed E-state index contributed by atoms with van der Waals surface area (Å²) in [4.78, 5) is 15.7. The van der Waals surface area contributed by atoms with Gasteiger partial charge in [-0.3, -0.25) is 0 Å². The van der Waals surface area contributed by atoms with Gasteiger partial charge in [-0.2, -0.15) is 14.8 Å². The molecule has 4 rings (SSSR count). The molecule has 2 aromatic carbocycles. The lowest BCUT2D eigenvalue weighted by Crippen LogP contribution is -2.02. The molecular formula is C17H11N3O3. The van der Waals surface area contributed by atoms with Crippen LogP contribution in [0.3, 0.4) is 0 Å². The molecule has 23 heavy (non-hydrogen) atoms. The normalized spacial score (nSPS) is 11.0. The van der Waals surface area contributed by atoms with E-state index in [4.69, 9.17) is 4.42 Å². The van der Waals surface area contributed by atoms with E-state index in [0.717, 1.165) is 5.56 Å². The van der Waals surface area contributed by atoms with Crippen molar-refractivity contribution in [3.05, 3.63) is 66.4 Å². The smallest absolute Gasteiger partial charge is 0.356 e. The number of benzene rings is 2. The van der Waals surface area contributed by atoms with Gasteiger partial charge in [0.2, 0.25) is 0 Å². The number of aromatic nitrogens is 3. The Balaban J connectivity index is 1.94. The monoisotopic (exact) mass is 305 g/mol. The molecule has 0 unspecified atom stereocenters. The molecule has 0 amide bonds. The van der Waals surface area contributed by atoms with Crippen molar-refractivity contribution in [1.29, 1.82) is 0 Å². The molecule has 1 N–H and O–H groups in total. The molecule has 4 aromatic rings. The standard InChI is InChI=1S/C17H11N3O3/c21-16(22)13-10-14(11-6-2-1-3-7-11)20(19-13)17-18-12-8-4-5-9-15(12)23-17/h1-10H,(H,21,22).